The fraction of sp³-hybridized carbons (Fsp3) is 0.391. The summed E-state index contributed by atoms with van der Waals surface area (Å²) in [5.74, 6) is 0.838. The first-order valence-electron chi connectivity index (χ1n) is 11.0. The van der Waals surface area contributed by atoms with Crippen molar-refractivity contribution in [1.29, 1.82) is 0 Å². The van der Waals surface area contributed by atoms with Gasteiger partial charge in [-0.3, -0.25) is 9.52 Å². The summed E-state index contributed by atoms with van der Waals surface area (Å²) in [5.41, 5.74) is 2.73. The highest BCUT2D eigenvalue weighted by Crippen LogP contribution is 2.26. The molecule has 1 saturated heterocycles. The van der Waals surface area contributed by atoms with Crippen LogP contribution in [0.15, 0.2) is 42.6 Å². The summed E-state index contributed by atoms with van der Waals surface area (Å²) < 4.78 is 25.4. The molecule has 0 saturated carbocycles. The zero-order valence-electron chi connectivity index (χ0n) is 19.9. The summed E-state index contributed by atoms with van der Waals surface area (Å²) in [6, 6.07) is 11.2. The topological polar surface area (TPSA) is 110 Å². The van der Waals surface area contributed by atoms with Crippen LogP contribution in [0.4, 0.5) is 17.2 Å². The molecule has 34 heavy (non-hydrogen) atoms. The molecule has 1 aliphatic heterocycles. The average molecular weight is 505 g/mol. The number of nitrogens with zero attached hydrogens (tertiary/aromatic N) is 3. The molecule has 0 unspecified atom stereocenters. The molecule has 11 heteroatoms. The maximum absolute atomic E-state index is 13.1. The van der Waals surface area contributed by atoms with Gasteiger partial charge in [-0.1, -0.05) is 0 Å². The maximum atomic E-state index is 13.1. The summed E-state index contributed by atoms with van der Waals surface area (Å²) in [6.45, 7) is 6.75. The van der Waals surface area contributed by atoms with Gasteiger partial charge in [0.15, 0.2) is 5.82 Å². The van der Waals surface area contributed by atoms with Crippen LogP contribution in [-0.2, 0) is 10.0 Å². The molecular formula is C23H32N6O3S2. The van der Waals surface area contributed by atoms with Crippen molar-refractivity contribution in [3.8, 4) is 0 Å². The first kappa shape index (κ1) is 25.7. The molecule has 3 N–H and O–H groups in total. The highest BCUT2D eigenvalue weighted by atomic mass is 32.2. The van der Waals surface area contributed by atoms with E-state index in [1.807, 2.05) is 17.0 Å². The van der Waals surface area contributed by atoms with Crippen molar-refractivity contribution in [2.45, 2.75) is 19.9 Å². The lowest BCUT2D eigenvalue weighted by molar-refractivity contribution is 0.0741. The Morgan fingerprint density at radius 3 is 2.47 bits per heavy atom. The van der Waals surface area contributed by atoms with Gasteiger partial charge in [-0.25, -0.2) is 13.4 Å². The Balaban J connectivity index is 0.00000158. The second kappa shape index (κ2) is 11.0. The number of benzene rings is 1. The molecule has 4 rings (SSSR count). The Morgan fingerprint density at radius 2 is 1.82 bits per heavy atom. The van der Waals surface area contributed by atoms with E-state index < -0.39 is 10.0 Å². The predicted octanol–water partition coefficient (Wildman–Crippen LogP) is 3.26. The van der Waals surface area contributed by atoms with Gasteiger partial charge in [-0.15, -0.1) is 0 Å². The predicted molar refractivity (Wildman–Crippen MR) is 143 cm³/mol. The van der Waals surface area contributed by atoms with E-state index in [2.05, 4.69) is 51.4 Å². The Hall–Kier alpha value is -2.92. The minimum absolute atomic E-state index is 0.0694. The highest BCUT2D eigenvalue weighted by Gasteiger charge is 2.25. The number of hydrogen-bond donors (Lipinski definition) is 4. The van der Waals surface area contributed by atoms with Crippen molar-refractivity contribution in [1.82, 2.24) is 14.9 Å². The number of hydrogen-bond acceptors (Lipinski definition) is 7. The summed E-state index contributed by atoms with van der Waals surface area (Å²) in [5, 5.41) is 4.21. The van der Waals surface area contributed by atoms with Crippen molar-refractivity contribution < 1.29 is 13.2 Å². The van der Waals surface area contributed by atoms with Gasteiger partial charge in [0, 0.05) is 55.0 Å². The van der Waals surface area contributed by atoms with Gasteiger partial charge in [-0.05, 0) is 56.5 Å². The smallest absolute Gasteiger partial charge is 0.270 e. The number of carbonyl (C=O) groups is 1. The van der Waals surface area contributed by atoms with Crippen LogP contribution < -0.4 is 14.9 Å². The first-order valence-corrected chi connectivity index (χ1v) is 13.8. The lowest BCUT2D eigenvalue weighted by Crippen LogP contribution is -2.49. The fourth-order valence-electron chi connectivity index (χ4n) is 3.89. The monoisotopic (exact) mass is 504 g/mol. The van der Waals surface area contributed by atoms with E-state index in [9.17, 15) is 13.2 Å². The summed E-state index contributed by atoms with van der Waals surface area (Å²) in [4.78, 5) is 24.8. The van der Waals surface area contributed by atoms with E-state index in [-0.39, 0.29) is 5.91 Å². The molecule has 0 atom stereocenters. The summed E-state index contributed by atoms with van der Waals surface area (Å²) in [6.07, 6.45) is 4.59. The van der Waals surface area contributed by atoms with Crippen molar-refractivity contribution in [3.05, 3.63) is 48.3 Å². The Labute approximate surface area is 206 Å². The maximum Gasteiger partial charge on any atom is 0.270 e. The van der Waals surface area contributed by atoms with E-state index >= 15 is 0 Å². The number of aromatic amines is 1. The van der Waals surface area contributed by atoms with Crippen LogP contribution in [0.5, 0.6) is 0 Å². The van der Waals surface area contributed by atoms with Crippen LogP contribution in [0.25, 0.3) is 10.9 Å². The lowest BCUT2D eigenvalue weighted by Gasteiger charge is -2.36. The molecule has 3 aromatic rings. The van der Waals surface area contributed by atoms with Gasteiger partial charge in [0.25, 0.3) is 5.91 Å². The summed E-state index contributed by atoms with van der Waals surface area (Å²) >= 11 is 3.53. The molecule has 3 heterocycles. The number of H-pyrrole nitrogens is 1. The molecule has 184 valence electrons. The minimum atomic E-state index is -3.36. The number of fused-ring (bicyclic) bond motifs is 1. The molecule has 0 radical (unpaired) electrons. The van der Waals surface area contributed by atoms with Gasteiger partial charge < -0.3 is 20.1 Å². The van der Waals surface area contributed by atoms with Crippen LogP contribution >= 0.6 is 12.6 Å². The number of aromatic nitrogens is 2. The Morgan fingerprint density at radius 1 is 1.12 bits per heavy atom. The van der Waals surface area contributed by atoms with Gasteiger partial charge in [0.05, 0.1) is 11.9 Å². The number of piperazine rings is 1. The zero-order chi connectivity index (χ0) is 24.9. The number of anilines is 3. The largest absolute Gasteiger partial charge is 0.380 e. The van der Waals surface area contributed by atoms with E-state index in [1.54, 1.807) is 36.7 Å². The molecule has 1 amide bonds. The van der Waals surface area contributed by atoms with E-state index in [1.165, 1.54) is 0 Å². The Bertz CT molecular complexity index is 1230. The molecule has 1 aliphatic rings. The quantitative estimate of drug-likeness (QED) is 0.384. The SMILES string of the molecule is CC(C)Nc1cccnc1N1CCN(C(=O)c2cc3cc(NS(C)(=O)=O)ccc3[nH]2)CC1.CS. The van der Waals surface area contributed by atoms with E-state index in [4.69, 9.17) is 0 Å². The number of nitrogens with one attached hydrogen (secondary N) is 3. The highest BCUT2D eigenvalue weighted by molar-refractivity contribution is 7.92. The number of thiol groups is 1. The molecule has 0 bridgehead atoms. The lowest BCUT2D eigenvalue weighted by atomic mass is 10.2. The van der Waals surface area contributed by atoms with Gasteiger partial charge in [0.2, 0.25) is 10.0 Å². The van der Waals surface area contributed by atoms with Gasteiger partial charge in [0.1, 0.15) is 5.69 Å². The third-order valence-electron chi connectivity index (χ3n) is 5.25. The van der Waals surface area contributed by atoms with E-state index in [0.29, 0.717) is 43.6 Å². The second-order valence-electron chi connectivity index (χ2n) is 8.31. The minimum Gasteiger partial charge on any atom is -0.380 e. The second-order valence-corrected chi connectivity index (χ2v) is 10.1. The van der Waals surface area contributed by atoms with Crippen LogP contribution in [0, 0.1) is 0 Å². The number of rotatable bonds is 6. The molecule has 0 aliphatic carbocycles. The molecule has 2 aromatic heterocycles. The van der Waals surface area contributed by atoms with Gasteiger partial charge >= 0.3 is 0 Å². The van der Waals surface area contributed by atoms with Crippen LogP contribution in [0.3, 0.4) is 0 Å². The number of pyridine rings is 1. The molecule has 1 fully saturated rings. The van der Waals surface area contributed by atoms with Crippen molar-refractivity contribution in [2.75, 3.05) is 53.6 Å². The van der Waals surface area contributed by atoms with Crippen molar-refractivity contribution >= 4 is 56.7 Å². The number of amides is 1. The van der Waals surface area contributed by atoms with Crippen LogP contribution in [0.1, 0.15) is 24.3 Å². The zero-order valence-corrected chi connectivity index (χ0v) is 21.6. The number of carbonyl (C=O) groups excluding carboxylic acids is 1. The van der Waals surface area contributed by atoms with Gasteiger partial charge in [-0.2, -0.15) is 12.6 Å². The average Bonchev–Trinajstić information content (AvgIpc) is 3.22. The molecular weight excluding hydrogens is 472 g/mol. The molecule has 1 aromatic carbocycles. The molecule has 9 nitrogen and oxygen atoms in total. The first-order chi connectivity index (χ1) is 16.2. The normalized spacial score (nSPS) is 14.1. The Kier molecular flexibility index (Phi) is 8.32. The van der Waals surface area contributed by atoms with E-state index in [0.717, 1.165) is 28.7 Å². The van der Waals surface area contributed by atoms with Crippen LogP contribution in [-0.4, -0.2) is 73.9 Å². The molecule has 0 spiro atoms. The van der Waals surface area contributed by atoms with Crippen molar-refractivity contribution in [3.63, 3.8) is 0 Å². The van der Waals surface area contributed by atoms with Crippen molar-refractivity contribution in [2.24, 2.45) is 0 Å². The summed E-state index contributed by atoms with van der Waals surface area (Å²) in [7, 11) is -3.36. The third-order valence-corrected chi connectivity index (χ3v) is 5.86. The van der Waals surface area contributed by atoms with Crippen LogP contribution in [0.2, 0.25) is 0 Å². The fourth-order valence-corrected chi connectivity index (χ4v) is 4.44. The number of sulfonamides is 1. The third kappa shape index (κ3) is 6.35. The standard InChI is InChI=1S/C22H28N6O3S.CH4S/c1-15(2)24-19-5-4-8-23-21(19)27-9-11-28(12-10-27)22(29)20-14-16-13-17(26-32(3,30)31)6-7-18(16)25-20;1-2/h4-8,13-15,24-26H,9-12H2,1-3H3;2H,1H3.